The van der Waals surface area contributed by atoms with Gasteiger partial charge in [-0.25, -0.2) is 9.59 Å². The second-order valence-electron chi connectivity index (χ2n) is 5.27. The molecule has 5 heteroatoms. The maximum absolute atomic E-state index is 11.8. The van der Waals surface area contributed by atoms with Crippen LogP contribution in [0.5, 0.6) is 0 Å². The Morgan fingerprint density at radius 2 is 1.89 bits per heavy atom. The third-order valence-corrected chi connectivity index (χ3v) is 3.73. The minimum absolute atomic E-state index is 0.0951. The van der Waals surface area contributed by atoms with Crippen molar-refractivity contribution in [2.75, 3.05) is 0 Å². The van der Waals surface area contributed by atoms with E-state index >= 15 is 0 Å². The first-order chi connectivity index (χ1) is 8.43. The topological polar surface area (TPSA) is 78.4 Å². The molecule has 3 N–H and O–H groups in total. The molecule has 1 aliphatic carbocycles. The van der Waals surface area contributed by atoms with Crippen LogP contribution < -0.4 is 10.6 Å². The highest BCUT2D eigenvalue weighted by Crippen LogP contribution is 2.33. The number of aliphatic carboxylic acids is 1. The van der Waals surface area contributed by atoms with E-state index in [1.54, 1.807) is 13.8 Å². The van der Waals surface area contributed by atoms with Gasteiger partial charge in [-0.2, -0.15) is 0 Å². The zero-order valence-electron chi connectivity index (χ0n) is 11.5. The van der Waals surface area contributed by atoms with Crippen LogP contribution in [0.1, 0.15) is 52.9 Å². The number of carboxylic acid groups (broad SMARTS) is 1. The lowest BCUT2D eigenvalue weighted by Crippen LogP contribution is -2.57. The van der Waals surface area contributed by atoms with E-state index in [2.05, 4.69) is 10.6 Å². The molecule has 0 radical (unpaired) electrons. The van der Waals surface area contributed by atoms with Gasteiger partial charge in [0.2, 0.25) is 0 Å². The van der Waals surface area contributed by atoms with Crippen molar-refractivity contribution >= 4 is 12.0 Å². The maximum atomic E-state index is 11.8. The monoisotopic (exact) mass is 256 g/mol. The molecule has 1 unspecified atom stereocenters. The number of hydrogen-bond donors (Lipinski definition) is 3. The molecule has 1 saturated carbocycles. The fourth-order valence-corrected chi connectivity index (χ4v) is 2.17. The second-order valence-corrected chi connectivity index (χ2v) is 5.27. The predicted molar refractivity (Wildman–Crippen MR) is 69.4 cm³/mol. The molecule has 1 aliphatic rings. The standard InChI is InChI=1S/C13H24N2O3/c1-4-13(5-2,11(16)17)15-12(18)14-9(3)8-10-6-7-10/h9-10H,4-8H2,1-3H3,(H,16,17)(H2,14,15,18). The van der Waals surface area contributed by atoms with E-state index in [4.69, 9.17) is 0 Å². The third-order valence-electron chi connectivity index (χ3n) is 3.73. The fraction of sp³-hybridized carbons (Fsp3) is 0.846. The Morgan fingerprint density at radius 1 is 1.33 bits per heavy atom. The van der Waals surface area contributed by atoms with Crippen molar-refractivity contribution in [3.8, 4) is 0 Å². The van der Waals surface area contributed by atoms with E-state index < -0.39 is 11.5 Å². The molecule has 0 aliphatic heterocycles. The summed E-state index contributed by atoms with van der Waals surface area (Å²) in [5.41, 5.74) is -1.15. The second kappa shape index (κ2) is 6.07. The molecule has 2 amide bonds. The summed E-state index contributed by atoms with van der Waals surface area (Å²) in [7, 11) is 0. The van der Waals surface area contributed by atoms with Crippen LogP contribution in [0.3, 0.4) is 0 Å². The summed E-state index contributed by atoms with van der Waals surface area (Å²) >= 11 is 0. The molecule has 0 heterocycles. The highest BCUT2D eigenvalue weighted by molar-refractivity contribution is 5.86. The zero-order chi connectivity index (χ0) is 13.8. The Bertz CT molecular complexity index is 309. The molecule has 5 nitrogen and oxygen atoms in total. The van der Waals surface area contributed by atoms with Crippen LogP contribution in [0.4, 0.5) is 4.79 Å². The summed E-state index contributed by atoms with van der Waals surface area (Å²) in [5, 5.41) is 14.6. The number of hydrogen-bond acceptors (Lipinski definition) is 2. The van der Waals surface area contributed by atoms with Crippen molar-refractivity contribution in [3.63, 3.8) is 0 Å². The first-order valence-electron chi connectivity index (χ1n) is 6.75. The number of carboxylic acids is 1. The molecule has 1 rings (SSSR count). The van der Waals surface area contributed by atoms with Crippen LogP contribution in [0, 0.1) is 5.92 Å². The quantitative estimate of drug-likeness (QED) is 0.653. The van der Waals surface area contributed by atoms with Gasteiger partial charge in [0.25, 0.3) is 0 Å². The van der Waals surface area contributed by atoms with Crippen LogP contribution in [0.25, 0.3) is 0 Å². The molecule has 0 spiro atoms. The van der Waals surface area contributed by atoms with Crippen molar-refractivity contribution in [1.82, 2.24) is 10.6 Å². The summed E-state index contributed by atoms with van der Waals surface area (Å²) in [6, 6.07) is -0.285. The molecule has 1 fully saturated rings. The van der Waals surface area contributed by atoms with Crippen LogP contribution >= 0.6 is 0 Å². The molecular formula is C13H24N2O3. The van der Waals surface area contributed by atoms with Gasteiger partial charge in [-0.05, 0) is 32.1 Å². The zero-order valence-corrected chi connectivity index (χ0v) is 11.5. The van der Waals surface area contributed by atoms with Gasteiger partial charge in [0.05, 0.1) is 0 Å². The predicted octanol–water partition coefficient (Wildman–Crippen LogP) is 2.12. The van der Waals surface area contributed by atoms with E-state index in [1.807, 2.05) is 6.92 Å². The van der Waals surface area contributed by atoms with Crippen LogP contribution in [-0.4, -0.2) is 28.7 Å². The van der Waals surface area contributed by atoms with E-state index in [0.717, 1.165) is 12.3 Å². The van der Waals surface area contributed by atoms with Gasteiger partial charge in [-0.15, -0.1) is 0 Å². The summed E-state index contributed by atoms with van der Waals surface area (Å²) < 4.78 is 0. The molecule has 0 aromatic heterocycles. The minimum atomic E-state index is -1.15. The van der Waals surface area contributed by atoms with Crippen LogP contribution in [0.2, 0.25) is 0 Å². The number of carbonyl (C=O) groups excluding carboxylic acids is 1. The largest absolute Gasteiger partial charge is 0.480 e. The molecule has 0 saturated heterocycles. The first kappa shape index (κ1) is 14.8. The summed E-state index contributed by atoms with van der Waals surface area (Å²) in [6.45, 7) is 5.50. The fourth-order valence-electron chi connectivity index (χ4n) is 2.17. The Balaban J connectivity index is 2.47. The normalized spacial score (nSPS) is 17.1. The Labute approximate surface area is 108 Å². The first-order valence-corrected chi connectivity index (χ1v) is 6.75. The van der Waals surface area contributed by atoms with Crippen molar-refractivity contribution in [2.45, 2.75) is 64.5 Å². The van der Waals surface area contributed by atoms with Gasteiger partial charge in [-0.3, -0.25) is 0 Å². The Hall–Kier alpha value is -1.26. The number of amides is 2. The Morgan fingerprint density at radius 3 is 2.28 bits per heavy atom. The van der Waals surface area contributed by atoms with Gasteiger partial charge in [0, 0.05) is 6.04 Å². The molecule has 1 atom stereocenters. The van der Waals surface area contributed by atoms with Crippen molar-refractivity contribution in [2.24, 2.45) is 5.92 Å². The lowest BCUT2D eigenvalue weighted by molar-refractivity contribution is -0.144. The van der Waals surface area contributed by atoms with E-state index in [0.29, 0.717) is 12.8 Å². The number of carbonyl (C=O) groups is 2. The number of urea groups is 1. The van der Waals surface area contributed by atoms with Gasteiger partial charge in [-0.1, -0.05) is 26.7 Å². The SMILES string of the molecule is CCC(CC)(NC(=O)NC(C)CC1CC1)C(=O)O. The molecule has 0 aromatic rings. The summed E-state index contributed by atoms with van der Waals surface area (Å²) in [6.07, 6.45) is 4.23. The highest BCUT2D eigenvalue weighted by atomic mass is 16.4. The summed E-state index contributed by atoms with van der Waals surface area (Å²) in [4.78, 5) is 23.1. The van der Waals surface area contributed by atoms with Crippen molar-refractivity contribution in [1.29, 1.82) is 0 Å². The van der Waals surface area contributed by atoms with Crippen LogP contribution in [0.15, 0.2) is 0 Å². The van der Waals surface area contributed by atoms with Gasteiger partial charge in [0.15, 0.2) is 0 Å². The van der Waals surface area contributed by atoms with E-state index in [-0.39, 0.29) is 12.1 Å². The maximum Gasteiger partial charge on any atom is 0.329 e. The van der Waals surface area contributed by atoms with Gasteiger partial charge < -0.3 is 15.7 Å². The molecule has 0 bridgehead atoms. The molecule has 18 heavy (non-hydrogen) atoms. The third kappa shape index (κ3) is 3.89. The lowest BCUT2D eigenvalue weighted by Gasteiger charge is -2.29. The minimum Gasteiger partial charge on any atom is -0.480 e. The van der Waals surface area contributed by atoms with Crippen LogP contribution in [-0.2, 0) is 4.79 Å². The average molecular weight is 256 g/mol. The smallest absolute Gasteiger partial charge is 0.329 e. The number of rotatable bonds is 7. The van der Waals surface area contributed by atoms with Gasteiger partial charge in [0.1, 0.15) is 5.54 Å². The molecular weight excluding hydrogens is 232 g/mol. The Kier molecular flexibility index (Phi) is 4.99. The van der Waals surface area contributed by atoms with Gasteiger partial charge >= 0.3 is 12.0 Å². The average Bonchev–Trinajstić information content (AvgIpc) is 3.09. The number of nitrogens with one attached hydrogen (secondary N) is 2. The summed E-state index contributed by atoms with van der Waals surface area (Å²) in [5.74, 6) is -0.237. The molecule has 0 aromatic carbocycles. The van der Waals surface area contributed by atoms with Crippen molar-refractivity contribution < 1.29 is 14.7 Å². The lowest BCUT2D eigenvalue weighted by atomic mass is 9.93. The molecule has 104 valence electrons. The van der Waals surface area contributed by atoms with E-state index in [9.17, 15) is 14.7 Å². The van der Waals surface area contributed by atoms with E-state index in [1.165, 1.54) is 12.8 Å². The van der Waals surface area contributed by atoms with Crippen molar-refractivity contribution in [3.05, 3.63) is 0 Å². The highest BCUT2D eigenvalue weighted by Gasteiger charge is 2.36.